The molecule has 0 radical (unpaired) electrons. The van der Waals surface area contributed by atoms with Gasteiger partial charge in [-0.25, -0.2) is 14.6 Å². The zero-order chi connectivity index (χ0) is 20.4. The molecule has 1 aliphatic rings. The van der Waals surface area contributed by atoms with Crippen molar-refractivity contribution in [3.63, 3.8) is 0 Å². The molecule has 0 saturated carbocycles. The summed E-state index contributed by atoms with van der Waals surface area (Å²) in [7, 11) is 1.49. The lowest BCUT2D eigenvalue weighted by molar-refractivity contribution is -0.118. The summed E-state index contributed by atoms with van der Waals surface area (Å²) in [6, 6.07) is 0. The number of primary amides is 1. The van der Waals surface area contributed by atoms with Crippen molar-refractivity contribution < 1.29 is 14.3 Å². The topological polar surface area (TPSA) is 149 Å². The zero-order valence-corrected chi connectivity index (χ0v) is 15.8. The van der Waals surface area contributed by atoms with E-state index in [1.807, 2.05) is 4.90 Å². The molecule has 2 aromatic heterocycles. The number of aryl methyl sites for hydroxylation is 1. The summed E-state index contributed by atoms with van der Waals surface area (Å²) in [6.07, 6.45) is -0.343. The Morgan fingerprint density at radius 1 is 1.21 bits per heavy atom. The summed E-state index contributed by atoms with van der Waals surface area (Å²) < 4.78 is 7.66. The number of carbonyl (C=O) groups excluding carboxylic acids is 2. The Bertz CT molecular complexity index is 1010. The highest BCUT2D eigenvalue weighted by atomic mass is 16.6. The molecule has 3 N–H and O–H groups in total. The Balaban J connectivity index is 1.87. The lowest BCUT2D eigenvalue weighted by Gasteiger charge is -2.33. The maximum atomic E-state index is 12.3. The molecule has 2 aromatic rings. The van der Waals surface area contributed by atoms with Gasteiger partial charge >= 0.3 is 11.8 Å². The number of imidazole rings is 1. The fraction of sp³-hybridized carbons (Fsp3) is 0.562. The van der Waals surface area contributed by atoms with Gasteiger partial charge in [0, 0.05) is 33.2 Å². The van der Waals surface area contributed by atoms with Crippen molar-refractivity contribution in [2.75, 3.05) is 32.8 Å². The highest BCUT2D eigenvalue weighted by Gasteiger charge is 2.25. The number of nitrogens with two attached hydrogens (primary N) is 1. The third-order valence-electron chi connectivity index (χ3n) is 4.66. The summed E-state index contributed by atoms with van der Waals surface area (Å²) >= 11 is 0. The number of aromatic amines is 1. The molecule has 0 spiro atoms. The Morgan fingerprint density at radius 3 is 2.50 bits per heavy atom. The van der Waals surface area contributed by atoms with E-state index in [2.05, 4.69) is 9.97 Å². The van der Waals surface area contributed by atoms with Gasteiger partial charge in [-0.2, -0.15) is 0 Å². The molecule has 1 saturated heterocycles. The second-order valence-corrected chi connectivity index (χ2v) is 6.53. The van der Waals surface area contributed by atoms with E-state index in [1.165, 1.54) is 16.2 Å². The Kier molecular flexibility index (Phi) is 5.49. The van der Waals surface area contributed by atoms with Gasteiger partial charge in [0.1, 0.15) is 12.4 Å². The van der Waals surface area contributed by atoms with Crippen molar-refractivity contribution in [1.82, 2.24) is 28.9 Å². The number of piperazine rings is 1. The molecule has 3 heterocycles. The number of nitrogens with one attached hydrogen (secondary N) is 1. The van der Waals surface area contributed by atoms with Gasteiger partial charge in [-0.3, -0.25) is 24.0 Å². The van der Waals surface area contributed by atoms with E-state index in [1.54, 1.807) is 11.8 Å². The van der Waals surface area contributed by atoms with Crippen LogP contribution in [0.25, 0.3) is 11.2 Å². The number of rotatable bonds is 5. The molecule has 12 heteroatoms. The van der Waals surface area contributed by atoms with Crippen LogP contribution >= 0.6 is 0 Å². The summed E-state index contributed by atoms with van der Waals surface area (Å²) in [5.74, 6) is -0.175. The molecule has 0 aliphatic carbocycles. The second kappa shape index (κ2) is 7.84. The number of amides is 2. The van der Waals surface area contributed by atoms with Crippen LogP contribution in [0.2, 0.25) is 0 Å². The lowest BCUT2D eigenvalue weighted by atomic mass is 10.3. The molecular weight excluding hydrogens is 370 g/mol. The van der Waals surface area contributed by atoms with Gasteiger partial charge in [0.15, 0.2) is 11.2 Å². The van der Waals surface area contributed by atoms with Crippen LogP contribution in [0.15, 0.2) is 9.59 Å². The smallest absolute Gasteiger partial charge is 0.409 e. The molecule has 2 amide bonds. The minimum atomic E-state index is -0.624. The van der Waals surface area contributed by atoms with Crippen LogP contribution < -0.4 is 17.0 Å². The van der Waals surface area contributed by atoms with Crippen molar-refractivity contribution in [3.8, 4) is 0 Å². The van der Waals surface area contributed by atoms with Crippen LogP contribution in [0.5, 0.6) is 0 Å². The van der Waals surface area contributed by atoms with E-state index >= 15 is 0 Å². The van der Waals surface area contributed by atoms with E-state index in [-0.39, 0.29) is 23.8 Å². The van der Waals surface area contributed by atoms with Crippen LogP contribution in [0.4, 0.5) is 4.79 Å². The number of carbonyl (C=O) groups is 2. The molecule has 1 aliphatic heterocycles. The van der Waals surface area contributed by atoms with E-state index in [9.17, 15) is 19.2 Å². The third kappa shape index (κ3) is 3.76. The van der Waals surface area contributed by atoms with E-state index < -0.39 is 17.2 Å². The maximum absolute atomic E-state index is 12.3. The lowest BCUT2D eigenvalue weighted by Crippen LogP contribution is -2.48. The fourth-order valence-corrected chi connectivity index (χ4v) is 3.23. The van der Waals surface area contributed by atoms with Crippen LogP contribution in [0.1, 0.15) is 12.7 Å². The first kappa shape index (κ1) is 19.6. The second-order valence-electron chi connectivity index (χ2n) is 6.53. The van der Waals surface area contributed by atoms with E-state index in [4.69, 9.17) is 10.5 Å². The Labute approximate surface area is 159 Å². The largest absolute Gasteiger partial charge is 0.450 e. The molecule has 3 rings (SSSR count). The van der Waals surface area contributed by atoms with Gasteiger partial charge in [-0.1, -0.05) is 0 Å². The first-order chi connectivity index (χ1) is 13.3. The maximum Gasteiger partial charge on any atom is 0.409 e. The van der Waals surface area contributed by atoms with Crippen LogP contribution in [-0.4, -0.2) is 73.7 Å². The van der Waals surface area contributed by atoms with Gasteiger partial charge < -0.3 is 19.9 Å². The number of fused-ring (bicyclic) bond motifs is 1. The number of ether oxygens (including phenoxy) is 1. The minimum absolute atomic E-state index is 0.126. The Hall–Kier alpha value is -3.15. The average Bonchev–Trinajstić information content (AvgIpc) is 2.99. The highest BCUT2D eigenvalue weighted by Crippen LogP contribution is 2.14. The molecule has 12 nitrogen and oxygen atoms in total. The summed E-state index contributed by atoms with van der Waals surface area (Å²) in [6.45, 7) is 4.33. The summed E-state index contributed by atoms with van der Waals surface area (Å²) in [5.41, 5.74) is 4.44. The number of hydrogen-bond donors (Lipinski definition) is 2. The Morgan fingerprint density at radius 2 is 1.89 bits per heavy atom. The van der Waals surface area contributed by atoms with Crippen molar-refractivity contribution in [1.29, 1.82) is 0 Å². The van der Waals surface area contributed by atoms with E-state index in [0.717, 1.165) is 0 Å². The monoisotopic (exact) mass is 393 g/mol. The van der Waals surface area contributed by atoms with Gasteiger partial charge in [0.05, 0.1) is 13.2 Å². The fourth-order valence-electron chi connectivity index (χ4n) is 3.23. The van der Waals surface area contributed by atoms with Gasteiger partial charge in [-0.15, -0.1) is 0 Å². The van der Waals surface area contributed by atoms with E-state index in [0.29, 0.717) is 45.2 Å². The number of hydrogen-bond acceptors (Lipinski definition) is 7. The number of aromatic nitrogens is 4. The van der Waals surface area contributed by atoms with Gasteiger partial charge in [0.2, 0.25) is 5.91 Å². The predicted molar refractivity (Wildman–Crippen MR) is 98.7 cm³/mol. The number of H-pyrrole nitrogens is 1. The van der Waals surface area contributed by atoms with Crippen LogP contribution in [0, 0.1) is 0 Å². The molecule has 28 heavy (non-hydrogen) atoms. The molecule has 0 bridgehead atoms. The zero-order valence-electron chi connectivity index (χ0n) is 15.8. The highest BCUT2D eigenvalue weighted by molar-refractivity contribution is 5.78. The number of nitrogens with zero attached hydrogens (tertiary/aromatic N) is 5. The van der Waals surface area contributed by atoms with Crippen LogP contribution in [0.3, 0.4) is 0 Å². The van der Waals surface area contributed by atoms with Crippen molar-refractivity contribution in [2.24, 2.45) is 12.8 Å². The predicted octanol–water partition coefficient (Wildman–Crippen LogP) is -1.82. The molecule has 1 fully saturated rings. The standard InChI is InChI=1S/C16H23N7O5/c1-3-28-16(27)22-6-4-21(5-7-22)9-11-18-13-12(23(11)8-10(17)24)14(25)19-15(26)20(13)2/h3-9H2,1-2H3,(H2,17,24)(H,19,25,26). The summed E-state index contributed by atoms with van der Waals surface area (Å²) in [4.78, 5) is 57.8. The minimum Gasteiger partial charge on any atom is -0.450 e. The average molecular weight is 393 g/mol. The van der Waals surface area contributed by atoms with Gasteiger partial charge in [-0.05, 0) is 6.92 Å². The van der Waals surface area contributed by atoms with Crippen molar-refractivity contribution in [3.05, 3.63) is 26.7 Å². The molecule has 152 valence electrons. The molecular formula is C16H23N7O5. The van der Waals surface area contributed by atoms with Gasteiger partial charge in [0.25, 0.3) is 5.56 Å². The molecule has 0 aromatic carbocycles. The quantitative estimate of drug-likeness (QED) is 0.608. The SMILES string of the molecule is CCOC(=O)N1CCN(Cc2nc3c(c(=O)[nH]c(=O)n3C)n2CC(N)=O)CC1. The molecule has 0 unspecified atom stereocenters. The normalized spacial score (nSPS) is 15.1. The third-order valence-corrected chi connectivity index (χ3v) is 4.66. The van der Waals surface area contributed by atoms with Crippen molar-refractivity contribution in [2.45, 2.75) is 20.0 Å². The summed E-state index contributed by atoms with van der Waals surface area (Å²) in [5, 5.41) is 0. The molecule has 0 atom stereocenters. The first-order valence-electron chi connectivity index (χ1n) is 8.92. The van der Waals surface area contributed by atoms with Crippen molar-refractivity contribution >= 4 is 23.2 Å². The van der Waals surface area contributed by atoms with Crippen LogP contribution in [-0.2, 0) is 29.7 Å². The first-order valence-corrected chi connectivity index (χ1v) is 8.92.